The highest BCUT2D eigenvalue weighted by molar-refractivity contribution is 7.91. The van der Waals surface area contributed by atoms with Gasteiger partial charge >= 0.3 is 0 Å². The average molecular weight is 504 g/mol. The zero-order valence-electron chi connectivity index (χ0n) is 20.6. The second-order valence-corrected chi connectivity index (χ2v) is 11.4. The summed E-state index contributed by atoms with van der Waals surface area (Å²) in [5, 5.41) is 12.0. The summed E-state index contributed by atoms with van der Waals surface area (Å²) >= 11 is 0. The van der Waals surface area contributed by atoms with Gasteiger partial charge in [0.25, 0.3) is 5.91 Å². The molecule has 0 bridgehead atoms. The van der Waals surface area contributed by atoms with Gasteiger partial charge < -0.3 is 10.2 Å². The van der Waals surface area contributed by atoms with Crippen molar-refractivity contribution in [3.8, 4) is 6.07 Å². The number of nitrogens with zero attached hydrogens (tertiary/aromatic N) is 4. The smallest absolute Gasteiger partial charge is 0.251 e. The minimum atomic E-state index is -3.25. The maximum absolute atomic E-state index is 12.9. The summed E-state index contributed by atoms with van der Waals surface area (Å²) in [6.45, 7) is 6.92. The lowest BCUT2D eigenvalue weighted by Crippen LogP contribution is -2.39. The van der Waals surface area contributed by atoms with Crippen LogP contribution < -0.4 is 10.2 Å². The SMILES string of the molecule is CCS(=O)(=O)c1ccc(CNC(=O)c2ccc3c(c2)CCN(c2ncc(C#N)cn2)[C@H]3C(C)C)cc1. The van der Waals surface area contributed by atoms with Gasteiger partial charge in [-0.05, 0) is 53.3 Å². The standard InChI is InChI=1S/C27H29N5O3S/c1-4-36(34,35)23-8-5-19(6-9-23)15-29-26(33)22-7-10-24-21(13-22)11-12-32(25(24)18(2)3)27-30-16-20(14-28)17-31-27/h5-10,13,16-18,25H,4,11-12,15H2,1-3H3,(H,29,33)/t25-/m0/s1. The Kier molecular flexibility index (Phi) is 7.36. The van der Waals surface area contributed by atoms with E-state index in [1.807, 2.05) is 24.3 Å². The van der Waals surface area contributed by atoms with Crippen molar-refractivity contribution in [3.63, 3.8) is 0 Å². The number of benzene rings is 2. The summed E-state index contributed by atoms with van der Waals surface area (Å²) in [5.74, 6) is 0.750. The summed E-state index contributed by atoms with van der Waals surface area (Å²) in [5.41, 5.74) is 4.11. The molecule has 1 amide bonds. The molecule has 4 rings (SSSR count). The summed E-state index contributed by atoms with van der Waals surface area (Å²) in [6, 6.07) is 14.5. The molecule has 0 spiro atoms. The van der Waals surface area contributed by atoms with Gasteiger partial charge in [-0.2, -0.15) is 5.26 Å². The molecule has 36 heavy (non-hydrogen) atoms. The van der Waals surface area contributed by atoms with Crippen LogP contribution in [0.3, 0.4) is 0 Å². The molecule has 0 fully saturated rings. The molecule has 3 aromatic rings. The van der Waals surface area contributed by atoms with Gasteiger partial charge in [0, 0.05) is 18.7 Å². The Labute approximate surface area is 211 Å². The predicted molar refractivity (Wildman–Crippen MR) is 137 cm³/mol. The number of rotatable bonds is 7. The first-order valence-corrected chi connectivity index (χ1v) is 13.6. The van der Waals surface area contributed by atoms with Gasteiger partial charge in [-0.1, -0.05) is 39.0 Å². The second-order valence-electron chi connectivity index (χ2n) is 9.16. The Morgan fingerprint density at radius 1 is 1.17 bits per heavy atom. The topological polar surface area (TPSA) is 116 Å². The molecule has 1 aromatic heterocycles. The van der Waals surface area contributed by atoms with Gasteiger partial charge in [0.2, 0.25) is 5.95 Å². The molecular formula is C27H29N5O3S. The monoisotopic (exact) mass is 503 g/mol. The molecule has 0 radical (unpaired) electrons. The molecular weight excluding hydrogens is 474 g/mol. The fourth-order valence-corrected chi connectivity index (χ4v) is 5.42. The van der Waals surface area contributed by atoms with E-state index in [4.69, 9.17) is 5.26 Å². The third-order valence-corrected chi connectivity index (χ3v) is 8.20. The van der Waals surface area contributed by atoms with Crippen molar-refractivity contribution in [2.24, 2.45) is 5.92 Å². The van der Waals surface area contributed by atoms with Gasteiger partial charge in [-0.15, -0.1) is 0 Å². The first kappa shape index (κ1) is 25.3. The van der Waals surface area contributed by atoms with Crippen LogP contribution in [-0.2, 0) is 22.8 Å². The van der Waals surface area contributed by atoms with Crippen LogP contribution in [0.2, 0.25) is 0 Å². The van der Waals surface area contributed by atoms with Crippen molar-refractivity contribution in [1.29, 1.82) is 5.26 Å². The highest BCUT2D eigenvalue weighted by atomic mass is 32.2. The zero-order valence-corrected chi connectivity index (χ0v) is 21.4. The molecule has 0 saturated heterocycles. The fraction of sp³-hybridized carbons (Fsp3) is 0.333. The van der Waals surface area contributed by atoms with Crippen LogP contribution in [0.1, 0.15) is 59.4 Å². The van der Waals surface area contributed by atoms with Crippen molar-refractivity contribution < 1.29 is 13.2 Å². The number of carbonyl (C=O) groups excluding carboxylic acids is 1. The molecule has 8 nitrogen and oxygen atoms in total. The Morgan fingerprint density at radius 3 is 2.47 bits per heavy atom. The van der Waals surface area contributed by atoms with Crippen LogP contribution in [0.5, 0.6) is 0 Å². The first-order chi connectivity index (χ1) is 17.2. The zero-order chi connectivity index (χ0) is 25.9. The molecule has 1 aliphatic heterocycles. The lowest BCUT2D eigenvalue weighted by Gasteiger charge is -2.40. The first-order valence-electron chi connectivity index (χ1n) is 11.9. The molecule has 186 valence electrons. The average Bonchev–Trinajstić information content (AvgIpc) is 2.90. The Bertz CT molecular complexity index is 1390. The van der Waals surface area contributed by atoms with Crippen LogP contribution in [0.25, 0.3) is 0 Å². The van der Waals surface area contributed by atoms with E-state index in [0.717, 1.165) is 23.1 Å². The van der Waals surface area contributed by atoms with E-state index in [-0.39, 0.29) is 28.5 Å². The summed E-state index contributed by atoms with van der Waals surface area (Å²) in [6.07, 6.45) is 3.83. The van der Waals surface area contributed by atoms with Crippen molar-refractivity contribution in [2.45, 2.75) is 44.7 Å². The van der Waals surface area contributed by atoms with Crippen LogP contribution in [-0.4, -0.2) is 36.6 Å². The third-order valence-electron chi connectivity index (χ3n) is 6.45. The van der Waals surface area contributed by atoms with E-state index in [9.17, 15) is 13.2 Å². The molecule has 1 atom stereocenters. The molecule has 2 aromatic carbocycles. The van der Waals surface area contributed by atoms with Gasteiger partial charge in [-0.25, -0.2) is 18.4 Å². The van der Waals surface area contributed by atoms with Gasteiger partial charge in [-0.3, -0.25) is 4.79 Å². The predicted octanol–water partition coefficient (Wildman–Crippen LogP) is 3.83. The van der Waals surface area contributed by atoms with Crippen LogP contribution in [0, 0.1) is 17.2 Å². The number of fused-ring (bicyclic) bond motifs is 1. The molecule has 0 unspecified atom stereocenters. The van der Waals surface area contributed by atoms with E-state index in [0.29, 0.717) is 30.2 Å². The second kappa shape index (κ2) is 10.5. The van der Waals surface area contributed by atoms with E-state index in [1.165, 1.54) is 0 Å². The lowest BCUT2D eigenvalue weighted by molar-refractivity contribution is 0.0950. The quantitative estimate of drug-likeness (QED) is 0.521. The third kappa shape index (κ3) is 5.24. The van der Waals surface area contributed by atoms with E-state index >= 15 is 0 Å². The Hall–Kier alpha value is -3.77. The number of nitrogens with one attached hydrogen (secondary N) is 1. The highest BCUT2D eigenvalue weighted by Crippen LogP contribution is 2.37. The minimum Gasteiger partial charge on any atom is -0.348 e. The van der Waals surface area contributed by atoms with Crippen molar-refractivity contribution in [1.82, 2.24) is 15.3 Å². The van der Waals surface area contributed by atoms with Crippen LogP contribution in [0.4, 0.5) is 5.95 Å². The number of amides is 1. The van der Waals surface area contributed by atoms with Crippen molar-refractivity contribution in [3.05, 3.63) is 82.7 Å². The molecule has 0 aliphatic carbocycles. The number of carbonyl (C=O) groups is 1. The fourth-order valence-electron chi connectivity index (χ4n) is 4.54. The normalized spacial score (nSPS) is 15.3. The molecule has 1 N–H and O–H groups in total. The largest absolute Gasteiger partial charge is 0.348 e. The Balaban J connectivity index is 1.48. The Morgan fingerprint density at radius 2 is 1.86 bits per heavy atom. The number of hydrogen-bond donors (Lipinski definition) is 1. The molecule has 9 heteroatoms. The number of hydrogen-bond acceptors (Lipinski definition) is 7. The minimum absolute atomic E-state index is 0.0525. The lowest BCUT2D eigenvalue weighted by atomic mass is 9.85. The number of sulfone groups is 1. The van der Waals surface area contributed by atoms with Crippen molar-refractivity contribution >= 4 is 21.7 Å². The number of anilines is 1. The van der Waals surface area contributed by atoms with Gasteiger partial charge in [0.1, 0.15) is 6.07 Å². The molecule has 1 aliphatic rings. The molecule has 0 saturated carbocycles. The number of aromatic nitrogens is 2. The summed E-state index contributed by atoms with van der Waals surface area (Å²) in [4.78, 5) is 24.1. The highest BCUT2D eigenvalue weighted by Gasteiger charge is 2.31. The maximum atomic E-state index is 12.9. The summed E-state index contributed by atoms with van der Waals surface area (Å²) in [7, 11) is -3.25. The number of nitriles is 1. The summed E-state index contributed by atoms with van der Waals surface area (Å²) < 4.78 is 24.0. The van der Waals surface area contributed by atoms with E-state index in [2.05, 4.69) is 34.0 Å². The van der Waals surface area contributed by atoms with E-state index < -0.39 is 9.84 Å². The van der Waals surface area contributed by atoms with Crippen LogP contribution in [0.15, 0.2) is 59.8 Å². The molecule has 2 heterocycles. The van der Waals surface area contributed by atoms with Gasteiger partial charge in [0.05, 0.1) is 34.6 Å². The van der Waals surface area contributed by atoms with E-state index in [1.54, 1.807) is 43.6 Å². The van der Waals surface area contributed by atoms with Crippen LogP contribution >= 0.6 is 0 Å². The van der Waals surface area contributed by atoms with Gasteiger partial charge in [0.15, 0.2) is 9.84 Å². The van der Waals surface area contributed by atoms with Crippen molar-refractivity contribution in [2.75, 3.05) is 17.2 Å². The maximum Gasteiger partial charge on any atom is 0.251 e.